The molecule has 0 aromatic rings. The average molecular weight is 284 g/mol. The standard InChI is InChI=1S/C15H32N4O/c1-12(2)11-19(8-7-18(3)4)14(10-16)9-15(20)17-13-5-6-13/h12-14H,5-11,16H2,1-4H3,(H,17,20). The van der Waals surface area contributed by atoms with Gasteiger partial charge < -0.3 is 16.0 Å². The molecule has 1 fully saturated rings. The highest BCUT2D eigenvalue weighted by Gasteiger charge is 2.26. The first kappa shape index (κ1) is 17.4. The highest BCUT2D eigenvalue weighted by atomic mass is 16.1. The molecule has 1 aliphatic carbocycles. The highest BCUT2D eigenvalue weighted by Crippen LogP contribution is 2.19. The molecule has 0 aromatic heterocycles. The van der Waals surface area contributed by atoms with Crippen LogP contribution in [0, 0.1) is 5.92 Å². The van der Waals surface area contributed by atoms with Gasteiger partial charge in [-0.05, 0) is 32.9 Å². The van der Waals surface area contributed by atoms with E-state index in [1.807, 2.05) is 0 Å². The third-order valence-electron chi connectivity index (χ3n) is 3.59. The van der Waals surface area contributed by atoms with Gasteiger partial charge in [0.15, 0.2) is 0 Å². The summed E-state index contributed by atoms with van der Waals surface area (Å²) in [5.74, 6) is 0.735. The molecule has 0 radical (unpaired) electrons. The van der Waals surface area contributed by atoms with Gasteiger partial charge >= 0.3 is 0 Å². The van der Waals surface area contributed by atoms with Crippen LogP contribution in [0.15, 0.2) is 0 Å². The molecule has 1 unspecified atom stereocenters. The van der Waals surface area contributed by atoms with Gasteiger partial charge in [0.25, 0.3) is 0 Å². The Morgan fingerprint density at radius 2 is 1.95 bits per heavy atom. The predicted octanol–water partition coefficient (Wildman–Crippen LogP) is 0.502. The van der Waals surface area contributed by atoms with Crippen molar-refractivity contribution >= 4 is 5.91 Å². The van der Waals surface area contributed by atoms with E-state index in [-0.39, 0.29) is 11.9 Å². The molecule has 0 spiro atoms. The van der Waals surface area contributed by atoms with Crippen molar-refractivity contribution in [1.82, 2.24) is 15.1 Å². The number of rotatable bonds is 10. The maximum atomic E-state index is 12.0. The fourth-order valence-electron chi connectivity index (χ4n) is 2.31. The van der Waals surface area contributed by atoms with E-state index in [2.05, 4.69) is 43.1 Å². The summed E-state index contributed by atoms with van der Waals surface area (Å²) >= 11 is 0. The summed E-state index contributed by atoms with van der Waals surface area (Å²) < 4.78 is 0. The van der Waals surface area contributed by atoms with Crippen LogP contribution in [0.5, 0.6) is 0 Å². The average Bonchev–Trinajstić information content (AvgIpc) is 3.14. The van der Waals surface area contributed by atoms with Gasteiger partial charge in [-0.1, -0.05) is 13.8 Å². The van der Waals surface area contributed by atoms with Crippen LogP contribution >= 0.6 is 0 Å². The molecule has 1 amide bonds. The summed E-state index contributed by atoms with van der Waals surface area (Å²) in [7, 11) is 4.15. The molecule has 1 atom stereocenters. The zero-order chi connectivity index (χ0) is 15.1. The van der Waals surface area contributed by atoms with Gasteiger partial charge in [-0.3, -0.25) is 9.69 Å². The van der Waals surface area contributed by atoms with E-state index in [1.165, 1.54) is 0 Å². The number of hydrogen-bond acceptors (Lipinski definition) is 4. The SMILES string of the molecule is CC(C)CN(CCN(C)C)C(CN)CC(=O)NC1CC1. The topological polar surface area (TPSA) is 61.6 Å². The third kappa shape index (κ3) is 7.22. The van der Waals surface area contributed by atoms with Crippen LogP contribution in [0.2, 0.25) is 0 Å². The molecule has 0 saturated heterocycles. The van der Waals surface area contributed by atoms with Crippen molar-refractivity contribution in [2.45, 2.75) is 45.2 Å². The van der Waals surface area contributed by atoms with E-state index in [4.69, 9.17) is 5.73 Å². The lowest BCUT2D eigenvalue weighted by atomic mass is 10.1. The summed E-state index contributed by atoms with van der Waals surface area (Å²) in [6.07, 6.45) is 2.79. The predicted molar refractivity (Wildman–Crippen MR) is 83.6 cm³/mol. The van der Waals surface area contributed by atoms with Crippen molar-refractivity contribution in [3.8, 4) is 0 Å². The molecule has 118 valence electrons. The van der Waals surface area contributed by atoms with Crippen molar-refractivity contribution in [1.29, 1.82) is 0 Å². The van der Waals surface area contributed by atoms with Crippen LogP contribution in [-0.4, -0.2) is 68.1 Å². The first-order valence-corrected chi connectivity index (χ1v) is 7.80. The van der Waals surface area contributed by atoms with Gasteiger partial charge in [0.1, 0.15) is 0 Å². The molecule has 0 aromatic carbocycles. The molecule has 1 saturated carbocycles. The molecule has 0 heterocycles. The van der Waals surface area contributed by atoms with Gasteiger partial charge in [0, 0.05) is 44.7 Å². The van der Waals surface area contributed by atoms with Crippen LogP contribution < -0.4 is 11.1 Å². The van der Waals surface area contributed by atoms with Gasteiger partial charge in [-0.2, -0.15) is 0 Å². The Bertz CT molecular complexity index is 290. The van der Waals surface area contributed by atoms with Crippen LogP contribution in [0.25, 0.3) is 0 Å². The van der Waals surface area contributed by atoms with Crippen LogP contribution in [-0.2, 0) is 4.79 Å². The summed E-state index contributed by atoms with van der Waals surface area (Å²) in [6, 6.07) is 0.581. The van der Waals surface area contributed by atoms with Crippen molar-refractivity contribution in [3.63, 3.8) is 0 Å². The van der Waals surface area contributed by atoms with Gasteiger partial charge in [0.2, 0.25) is 5.91 Å². The fraction of sp³-hybridized carbons (Fsp3) is 0.933. The van der Waals surface area contributed by atoms with E-state index in [0.29, 0.717) is 24.9 Å². The Balaban J connectivity index is 2.49. The Morgan fingerprint density at radius 3 is 2.40 bits per heavy atom. The van der Waals surface area contributed by atoms with Crippen molar-refractivity contribution in [2.75, 3.05) is 40.3 Å². The van der Waals surface area contributed by atoms with E-state index in [1.54, 1.807) is 0 Å². The van der Waals surface area contributed by atoms with E-state index in [0.717, 1.165) is 32.5 Å². The zero-order valence-corrected chi connectivity index (χ0v) is 13.6. The summed E-state index contributed by atoms with van der Waals surface area (Å²) in [4.78, 5) is 16.5. The largest absolute Gasteiger partial charge is 0.353 e. The molecular weight excluding hydrogens is 252 g/mol. The Morgan fingerprint density at radius 1 is 1.30 bits per heavy atom. The lowest BCUT2D eigenvalue weighted by Crippen LogP contribution is -2.47. The number of carbonyl (C=O) groups is 1. The maximum Gasteiger partial charge on any atom is 0.221 e. The molecule has 3 N–H and O–H groups in total. The second-order valence-electron chi connectivity index (χ2n) is 6.63. The van der Waals surface area contributed by atoms with E-state index >= 15 is 0 Å². The molecule has 1 rings (SSSR count). The zero-order valence-electron chi connectivity index (χ0n) is 13.6. The van der Waals surface area contributed by atoms with Crippen molar-refractivity contribution < 1.29 is 4.79 Å². The Labute approximate surface area is 123 Å². The van der Waals surface area contributed by atoms with Gasteiger partial charge in [-0.25, -0.2) is 0 Å². The number of amides is 1. The Hall–Kier alpha value is -0.650. The quantitative estimate of drug-likeness (QED) is 0.613. The lowest BCUT2D eigenvalue weighted by Gasteiger charge is -2.33. The molecule has 1 aliphatic rings. The first-order chi connectivity index (χ1) is 9.42. The number of nitrogens with two attached hydrogens (primary N) is 1. The van der Waals surface area contributed by atoms with E-state index in [9.17, 15) is 4.79 Å². The molecule has 0 bridgehead atoms. The first-order valence-electron chi connectivity index (χ1n) is 7.80. The normalized spacial score (nSPS) is 17.0. The minimum atomic E-state index is 0.149. The number of likely N-dealkylation sites (N-methyl/N-ethyl adjacent to an activating group) is 1. The number of hydrogen-bond donors (Lipinski definition) is 2. The van der Waals surface area contributed by atoms with E-state index < -0.39 is 0 Å². The maximum absolute atomic E-state index is 12.0. The Kier molecular flexibility index (Phi) is 7.48. The number of nitrogens with zero attached hydrogens (tertiary/aromatic N) is 2. The molecule has 0 aliphatic heterocycles. The van der Waals surface area contributed by atoms with Gasteiger partial charge in [0.05, 0.1) is 0 Å². The number of carbonyl (C=O) groups excluding carboxylic acids is 1. The second-order valence-corrected chi connectivity index (χ2v) is 6.63. The van der Waals surface area contributed by atoms with Crippen molar-refractivity contribution in [2.24, 2.45) is 11.7 Å². The second kappa shape index (κ2) is 8.60. The van der Waals surface area contributed by atoms with Gasteiger partial charge in [-0.15, -0.1) is 0 Å². The van der Waals surface area contributed by atoms with Crippen LogP contribution in [0.4, 0.5) is 0 Å². The lowest BCUT2D eigenvalue weighted by molar-refractivity contribution is -0.122. The van der Waals surface area contributed by atoms with Crippen molar-refractivity contribution in [3.05, 3.63) is 0 Å². The molecule has 5 heteroatoms. The fourth-order valence-corrected chi connectivity index (χ4v) is 2.31. The smallest absolute Gasteiger partial charge is 0.221 e. The molecule has 20 heavy (non-hydrogen) atoms. The minimum Gasteiger partial charge on any atom is -0.353 e. The summed E-state index contributed by atoms with van der Waals surface area (Å²) in [5.41, 5.74) is 5.92. The minimum absolute atomic E-state index is 0.149. The van der Waals surface area contributed by atoms with Crippen LogP contribution in [0.1, 0.15) is 33.1 Å². The third-order valence-corrected chi connectivity index (χ3v) is 3.59. The molecule has 5 nitrogen and oxygen atoms in total. The summed E-state index contributed by atoms with van der Waals surface area (Å²) in [5, 5.41) is 3.06. The number of nitrogens with one attached hydrogen (secondary N) is 1. The van der Waals surface area contributed by atoms with Crippen LogP contribution in [0.3, 0.4) is 0 Å². The highest BCUT2D eigenvalue weighted by molar-refractivity contribution is 5.77. The monoisotopic (exact) mass is 284 g/mol. The molecular formula is C15H32N4O. The summed E-state index contributed by atoms with van der Waals surface area (Å²) in [6.45, 7) is 7.91.